The Kier molecular flexibility index (Phi) is 4.13. The molecule has 0 amide bonds. The molecular formula is C18H14BrNO. The molecule has 0 aliphatic heterocycles. The zero-order chi connectivity index (χ0) is 14.7. The number of aliphatic hydroxyl groups excluding tert-OH is 1. The normalized spacial score (nSPS) is 10.6. The topological polar surface area (TPSA) is 33.1 Å². The summed E-state index contributed by atoms with van der Waals surface area (Å²) in [4.78, 5) is 4.73. The van der Waals surface area contributed by atoms with Gasteiger partial charge in [0.05, 0.1) is 18.0 Å². The summed E-state index contributed by atoms with van der Waals surface area (Å²) >= 11 is 3.44. The predicted octanol–water partition coefficient (Wildman–Crippen LogP) is 4.67. The van der Waals surface area contributed by atoms with Crippen molar-refractivity contribution in [3.8, 4) is 22.5 Å². The van der Waals surface area contributed by atoms with Gasteiger partial charge in [-0.2, -0.15) is 0 Å². The highest BCUT2D eigenvalue weighted by atomic mass is 79.9. The Balaban J connectivity index is 2.11. The van der Waals surface area contributed by atoms with Crippen molar-refractivity contribution in [2.75, 3.05) is 0 Å². The molecule has 0 bridgehead atoms. The van der Waals surface area contributed by atoms with Crippen molar-refractivity contribution >= 4 is 15.9 Å². The van der Waals surface area contributed by atoms with E-state index in [9.17, 15) is 5.11 Å². The van der Waals surface area contributed by atoms with E-state index in [-0.39, 0.29) is 6.61 Å². The van der Waals surface area contributed by atoms with Crippen molar-refractivity contribution in [2.45, 2.75) is 6.61 Å². The molecule has 2 nitrogen and oxygen atoms in total. The monoisotopic (exact) mass is 339 g/mol. The number of nitrogens with zero attached hydrogens (tertiary/aromatic N) is 1. The lowest BCUT2D eigenvalue weighted by Gasteiger charge is -2.08. The lowest BCUT2D eigenvalue weighted by Crippen LogP contribution is -1.93. The van der Waals surface area contributed by atoms with Gasteiger partial charge in [-0.1, -0.05) is 58.4 Å². The molecule has 0 unspecified atom stereocenters. The summed E-state index contributed by atoms with van der Waals surface area (Å²) < 4.78 is 1.04. The molecule has 0 atom stereocenters. The minimum Gasteiger partial charge on any atom is -0.392 e. The van der Waals surface area contributed by atoms with Crippen molar-refractivity contribution in [1.82, 2.24) is 4.98 Å². The van der Waals surface area contributed by atoms with Crippen molar-refractivity contribution in [2.24, 2.45) is 0 Å². The first-order valence-electron chi connectivity index (χ1n) is 6.69. The van der Waals surface area contributed by atoms with Gasteiger partial charge in [0.2, 0.25) is 0 Å². The van der Waals surface area contributed by atoms with Crippen molar-refractivity contribution in [3.63, 3.8) is 0 Å². The van der Waals surface area contributed by atoms with E-state index in [2.05, 4.69) is 15.9 Å². The average Bonchev–Trinajstić information content (AvgIpc) is 2.56. The molecule has 0 aliphatic carbocycles. The molecule has 3 rings (SSSR count). The van der Waals surface area contributed by atoms with Gasteiger partial charge in [-0.05, 0) is 29.8 Å². The second-order valence-electron chi connectivity index (χ2n) is 4.78. The number of aliphatic hydroxyl groups is 1. The van der Waals surface area contributed by atoms with Crippen LogP contribution >= 0.6 is 15.9 Å². The maximum atomic E-state index is 9.49. The molecule has 0 spiro atoms. The molecule has 0 fully saturated rings. The number of halogens is 1. The Morgan fingerprint density at radius 2 is 1.38 bits per heavy atom. The smallest absolute Gasteiger partial charge is 0.0713 e. The fraction of sp³-hybridized carbons (Fsp3) is 0.0556. The molecule has 1 heterocycles. The van der Waals surface area contributed by atoms with E-state index in [1.807, 2.05) is 66.7 Å². The molecule has 0 aliphatic rings. The molecule has 2 aromatic carbocycles. The van der Waals surface area contributed by atoms with Gasteiger partial charge in [0, 0.05) is 15.6 Å². The van der Waals surface area contributed by atoms with Gasteiger partial charge in [-0.15, -0.1) is 0 Å². The van der Waals surface area contributed by atoms with Crippen LogP contribution in [-0.4, -0.2) is 10.1 Å². The number of benzene rings is 2. The summed E-state index contributed by atoms with van der Waals surface area (Å²) in [5.74, 6) is 0. The highest BCUT2D eigenvalue weighted by Gasteiger charge is 2.06. The summed E-state index contributed by atoms with van der Waals surface area (Å²) in [5.41, 5.74) is 4.69. The second kappa shape index (κ2) is 6.20. The van der Waals surface area contributed by atoms with Crippen LogP contribution in [0.25, 0.3) is 22.5 Å². The maximum absolute atomic E-state index is 9.49. The van der Waals surface area contributed by atoms with E-state index < -0.39 is 0 Å². The van der Waals surface area contributed by atoms with Crippen LogP contribution in [0.4, 0.5) is 0 Å². The van der Waals surface area contributed by atoms with Gasteiger partial charge >= 0.3 is 0 Å². The van der Waals surface area contributed by atoms with E-state index >= 15 is 0 Å². The van der Waals surface area contributed by atoms with Crippen LogP contribution in [0.1, 0.15) is 5.56 Å². The summed E-state index contributed by atoms with van der Waals surface area (Å²) in [7, 11) is 0. The van der Waals surface area contributed by atoms with Crippen LogP contribution in [0, 0.1) is 0 Å². The molecule has 21 heavy (non-hydrogen) atoms. The van der Waals surface area contributed by atoms with Gasteiger partial charge in [0.15, 0.2) is 0 Å². The Hall–Kier alpha value is -1.97. The van der Waals surface area contributed by atoms with E-state index in [0.717, 1.165) is 32.6 Å². The predicted molar refractivity (Wildman–Crippen MR) is 88.7 cm³/mol. The van der Waals surface area contributed by atoms with Crippen LogP contribution in [0.3, 0.4) is 0 Å². The van der Waals surface area contributed by atoms with Gasteiger partial charge in [0.1, 0.15) is 0 Å². The fourth-order valence-corrected chi connectivity index (χ4v) is 2.47. The Bertz CT molecular complexity index is 739. The highest BCUT2D eigenvalue weighted by Crippen LogP contribution is 2.25. The molecule has 0 saturated carbocycles. The molecule has 1 N–H and O–H groups in total. The van der Waals surface area contributed by atoms with Crippen molar-refractivity contribution in [1.29, 1.82) is 0 Å². The second-order valence-corrected chi connectivity index (χ2v) is 5.69. The Morgan fingerprint density at radius 1 is 0.810 bits per heavy atom. The zero-order valence-electron chi connectivity index (χ0n) is 11.3. The summed E-state index contributed by atoms with van der Waals surface area (Å²) in [5, 5.41) is 9.49. The minimum absolute atomic E-state index is 0.00583. The average molecular weight is 340 g/mol. The first-order valence-corrected chi connectivity index (χ1v) is 7.49. The van der Waals surface area contributed by atoms with E-state index in [1.54, 1.807) is 0 Å². The first kappa shape index (κ1) is 14.0. The van der Waals surface area contributed by atoms with Crippen molar-refractivity contribution < 1.29 is 5.11 Å². The first-order chi connectivity index (χ1) is 10.3. The molecular weight excluding hydrogens is 326 g/mol. The minimum atomic E-state index is 0.00583. The Labute approximate surface area is 132 Å². The number of rotatable bonds is 3. The molecule has 0 saturated heterocycles. The van der Waals surface area contributed by atoms with Crippen LogP contribution in [0.5, 0.6) is 0 Å². The fourth-order valence-electron chi connectivity index (χ4n) is 2.20. The molecule has 1 aromatic heterocycles. The van der Waals surface area contributed by atoms with Crippen LogP contribution < -0.4 is 0 Å². The Morgan fingerprint density at radius 3 is 1.95 bits per heavy atom. The van der Waals surface area contributed by atoms with Gasteiger partial charge < -0.3 is 5.11 Å². The molecule has 104 valence electrons. The lowest BCUT2D eigenvalue weighted by molar-refractivity contribution is 0.282. The molecule has 3 aromatic rings. The third-order valence-corrected chi connectivity index (χ3v) is 3.81. The van der Waals surface area contributed by atoms with Crippen LogP contribution in [-0.2, 0) is 6.61 Å². The number of aromatic nitrogens is 1. The molecule has 3 heteroatoms. The quantitative estimate of drug-likeness (QED) is 0.752. The van der Waals surface area contributed by atoms with Gasteiger partial charge in [-0.25, -0.2) is 4.98 Å². The third-order valence-electron chi connectivity index (χ3n) is 3.28. The maximum Gasteiger partial charge on any atom is 0.0713 e. The van der Waals surface area contributed by atoms with Gasteiger partial charge in [-0.3, -0.25) is 0 Å². The van der Waals surface area contributed by atoms with E-state index in [4.69, 9.17) is 4.98 Å². The van der Waals surface area contributed by atoms with Gasteiger partial charge in [0.25, 0.3) is 0 Å². The summed E-state index contributed by atoms with van der Waals surface area (Å²) in [6.07, 6.45) is 0. The van der Waals surface area contributed by atoms with Crippen molar-refractivity contribution in [3.05, 3.63) is 76.8 Å². The number of hydrogen-bond acceptors (Lipinski definition) is 2. The van der Waals surface area contributed by atoms with E-state index in [0.29, 0.717) is 0 Å². The van der Waals surface area contributed by atoms with Crippen LogP contribution in [0.15, 0.2) is 71.2 Å². The molecule has 0 radical (unpaired) electrons. The largest absolute Gasteiger partial charge is 0.392 e. The van der Waals surface area contributed by atoms with E-state index in [1.165, 1.54) is 0 Å². The summed E-state index contributed by atoms with van der Waals surface area (Å²) in [6, 6.07) is 21.9. The zero-order valence-corrected chi connectivity index (χ0v) is 12.9. The standard InChI is InChI=1S/C18H14BrNO/c19-16-8-6-15(7-9-16)18-11-13(12-21)10-17(20-18)14-4-2-1-3-5-14/h1-11,21H,12H2. The number of hydrogen-bond donors (Lipinski definition) is 1. The SMILES string of the molecule is OCc1cc(-c2ccccc2)nc(-c2ccc(Br)cc2)c1. The van der Waals surface area contributed by atoms with Crippen LogP contribution in [0.2, 0.25) is 0 Å². The summed E-state index contributed by atoms with van der Waals surface area (Å²) in [6.45, 7) is 0.00583. The highest BCUT2D eigenvalue weighted by molar-refractivity contribution is 9.10. The number of pyridine rings is 1. The third kappa shape index (κ3) is 3.20. The lowest BCUT2D eigenvalue weighted by atomic mass is 10.1.